The molecule has 2 N–H and O–H groups in total. The fourth-order valence-corrected chi connectivity index (χ4v) is 2.36. The minimum atomic E-state index is -0.847. The standard InChI is InChI=1S/C16H22BrNO3/c1-11(12-4-6-13(17)7-5-12)10-14(19)18-16(2,3)9-8-15(20)21/h4-7,11H,8-10H2,1-3H3,(H,18,19)(H,20,21). The molecule has 0 aliphatic heterocycles. The molecule has 0 bridgehead atoms. The Morgan fingerprint density at radius 3 is 2.38 bits per heavy atom. The van der Waals surface area contributed by atoms with Gasteiger partial charge in [0.15, 0.2) is 0 Å². The van der Waals surface area contributed by atoms with E-state index in [2.05, 4.69) is 21.2 Å². The van der Waals surface area contributed by atoms with Crippen LogP contribution in [-0.2, 0) is 9.59 Å². The van der Waals surface area contributed by atoms with Gasteiger partial charge in [0.2, 0.25) is 5.91 Å². The molecule has 1 rings (SSSR count). The molecule has 116 valence electrons. The molecule has 0 aliphatic rings. The highest BCUT2D eigenvalue weighted by Crippen LogP contribution is 2.22. The summed E-state index contributed by atoms with van der Waals surface area (Å²) < 4.78 is 1.01. The first-order valence-electron chi connectivity index (χ1n) is 6.98. The molecule has 1 unspecified atom stereocenters. The zero-order valence-corrected chi connectivity index (χ0v) is 14.2. The molecule has 0 aromatic heterocycles. The van der Waals surface area contributed by atoms with Gasteiger partial charge in [0.05, 0.1) is 0 Å². The van der Waals surface area contributed by atoms with Crippen molar-refractivity contribution in [1.29, 1.82) is 0 Å². The van der Waals surface area contributed by atoms with Crippen molar-refractivity contribution in [2.24, 2.45) is 0 Å². The summed E-state index contributed by atoms with van der Waals surface area (Å²) in [4.78, 5) is 22.7. The highest BCUT2D eigenvalue weighted by Gasteiger charge is 2.22. The number of amides is 1. The molecule has 0 heterocycles. The van der Waals surface area contributed by atoms with Gasteiger partial charge >= 0.3 is 5.97 Å². The molecule has 5 heteroatoms. The van der Waals surface area contributed by atoms with E-state index in [-0.39, 0.29) is 18.2 Å². The van der Waals surface area contributed by atoms with Crippen molar-refractivity contribution in [2.75, 3.05) is 0 Å². The first kappa shape index (κ1) is 17.7. The van der Waals surface area contributed by atoms with Gasteiger partial charge in [-0.2, -0.15) is 0 Å². The Bertz CT molecular complexity index is 497. The molecule has 0 saturated carbocycles. The van der Waals surface area contributed by atoms with E-state index in [0.717, 1.165) is 10.0 Å². The summed E-state index contributed by atoms with van der Waals surface area (Å²) in [7, 11) is 0. The van der Waals surface area contributed by atoms with E-state index < -0.39 is 11.5 Å². The Hall–Kier alpha value is -1.36. The Balaban J connectivity index is 2.52. The molecular formula is C16H22BrNO3. The number of carboxylic acids is 1. The first-order valence-corrected chi connectivity index (χ1v) is 7.77. The van der Waals surface area contributed by atoms with Gasteiger partial charge in [-0.15, -0.1) is 0 Å². The van der Waals surface area contributed by atoms with Gasteiger partial charge in [-0.25, -0.2) is 0 Å². The van der Waals surface area contributed by atoms with Crippen LogP contribution >= 0.6 is 15.9 Å². The van der Waals surface area contributed by atoms with E-state index in [1.165, 1.54) is 0 Å². The topological polar surface area (TPSA) is 66.4 Å². The van der Waals surface area contributed by atoms with E-state index in [1.54, 1.807) is 0 Å². The van der Waals surface area contributed by atoms with Crippen molar-refractivity contribution < 1.29 is 14.7 Å². The minimum Gasteiger partial charge on any atom is -0.481 e. The lowest BCUT2D eigenvalue weighted by molar-refractivity contribution is -0.137. The average Bonchev–Trinajstić information content (AvgIpc) is 2.36. The van der Waals surface area contributed by atoms with Gasteiger partial charge in [-0.1, -0.05) is 35.0 Å². The van der Waals surface area contributed by atoms with Gasteiger partial charge in [0.25, 0.3) is 0 Å². The average molecular weight is 356 g/mol. The molecular weight excluding hydrogens is 334 g/mol. The lowest BCUT2D eigenvalue weighted by atomic mass is 9.95. The van der Waals surface area contributed by atoms with Crippen LogP contribution in [0.1, 0.15) is 51.5 Å². The predicted octanol–water partition coefficient (Wildman–Crippen LogP) is 3.70. The van der Waals surface area contributed by atoms with Crippen molar-refractivity contribution in [3.05, 3.63) is 34.3 Å². The molecule has 0 aliphatic carbocycles. The third-order valence-electron chi connectivity index (χ3n) is 3.37. The number of hydrogen-bond donors (Lipinski definition) is 2. The predicted molar refractivity (Wildman–Crippen MR) is 86.3 cm³/mol. The quantitative estimate of drug-likeness (QED) is 0.783. The van der Waals surface area contributed by atoms with Crippen LogP contribution in [-0.4, -0.2) is 22.5 Å². The number of rotatable bonds is 7. The number of carbonyl (C=O) groups excluding carboxylic acids is 1. The summed E-state index contributed by atoms with van der Waals surface area (Å²) in [6.45, 7) is 5.70. The summed E-state index contributed by atoms with van der Waals surface area (Å²) in [5.41, 5.74) is 0.603. The van der Waals surface area contributed by atoms with Crippen LogP contribution in [0.5, 0.6) is 0 Å². The zero-order chi connectivity index (χ0) is 16.0. The Morgan fingerprint density at radius 2 is 1.86 bits per heavy atom. The molecule has 0 fully saturated rings. The monoisotopic (exact) mass is 355 g/mol. The number of carboxylic acid groups (broad SMARTS) is 1. The Labute approximate surface area is 134 Å². The number of carbonyl (C=O) groups is 2. The lowest BCUT2D eigenvalue weighted by Gasteiger charge is -2.26. The maximum atomic E-state index is 12.1. The zero-order valence-electron chi connectivity index (χ0n) is 12.6. The molecule has 0 saturated heterocycles. The van der Waals surface area contributed by atoms with Crippen LogP contribution in [0.25, 0.3) is 0 Å². The number of hydrogen-bond acceptors (Lipinski definition) is 2. The number of benzene rings is 1. The van der Waals surface area contributed by atoms with Crippen molar-refractivity contribution in [3.63, 3.8) is 0 Å². The van der Waals surface area contributed by atoms with Crippen LogP contribution in [0.2, 0.25) is 0 Å². The van der Waals surface area contributed by atoms with Crippen molar-refractivity contribution in [3.8, 4) is 0 Å². The van der Waals surface area contributed by atoms with Crippen LogP contribution in [0.15, 0.2) is 28.7 Å². The number of aliphatic carboxylic acids is 1. The molecule has 1 aromatic rings. The lowest BCUT2D eigenvalue weighted by Crippen LogP contribution is -2.44. The Morgan fingerprint density at radius 1 is 1.29 bits per heavy atom. The maximum absolute atomic E-state index is 12.1. The van der Waals surface area contributed by atoms with Crippen LogP contribution in [0.4, 0.5) is 0 Å². The summed E-state index contributed by atoms with van der Waals surface area (Å²) in [6.07, 6.45) is 0.856. The van der Waals surface area contributed by atoms with Crippen molar-refractivity contribution >= 4 is 27.8 Å². The highest BCUT2D eigenvalue weighted by atomic mass is 79.9. The van der Waals surface area contributed by atoms with E-state index >= 15 is 0 Å². The molecule has 0 spiro atoms. The van der Waals surface area contributed by atoms with Gasteiger partial charge in [0, 0.05) is 22.9 Å². The van der Waals surface area contributed by atoms with E-state index in [9.17, 15) is 9.59 Å². The second kappa shape index (κ2) is 7.59. The third kappa shape index (κ3) is 6.76. The number of nitrogens with one attached hydrogen (secondary N) is 1. The molecule has 1 amide bonds. The highest BCUT2D eigenvalue weighted by molar-refractivity contribution is 9.10. The summed E-state index contributed by atoms with van der Waals surface area (Å²) in [5, 5.41) is 11.6. The smallest absolute Gasteiger partial charge is 0.303 e. The van der Waals surface area contributed by atoms with Gasteiger partial charge in [-0.05, 0) is 43.9 Å². The normalized spacial score (nSPS) is 12.8. The molecule has 4 nitrogen and oxygen atoms in total. The van der Waals surface area contributed by atoms with Crippen LogP contribution < -0.4 is 5.32 Å². The van der Waals surface area contributed by atoms with E-state index in [1.807, 2.05) is 45.0 Å². The number of halogens is 1. The molecule has 1 aromatic carbocycles. The SMILES string of the molecule is CC(CC(=O)NC(C)(C)CCC(=O)O)c1ccc(Br)cc1. The van der Waals surface area contributed by atoms with Gasteiger partial charge < -0.3 is 10.4 Å². The minimum absolute atomic E-state index is 0.0511. The van der Waals surface area contributed by atoms with E-state index in [0.29, 0.717) is 12.8 Å². The fraction of sp³-hybridized carbons (Fsp3) is 0.500. The fourth-order valence-electron chi connectivity index (χ4n) is 2.10. The second-order valence-electron chi connectivity index (χ2n) is 5.98. The summed E-state index contributed by atoms with van der Waals surface area (Å²) in [5.74, 6) is -0.783. The largest absolute Gasteiger partial charge is 0.481 e. The Kier molecular flexibility index (Phi) is 6.40. The second-order valence-corrected chi connectivity index (χ2v) is 6.90. The van der Waals surface area contributed by atoms with Crippen LogP contribution in [0.3, 0.4) is 0 Å². The molecule has 21 heavy (non-hydrogen) atoms. The third-order valence-corrected chi connectivity index (χ3v) is 3.90. The van der Waals surface area contributed by atoms with E-state index in [4.69, 9.17) is 5.11 Å². The van der Waals surface area contributed by atoms with Crippen LogP contribution in [0, 0.1) is 0 Å². The first-order chi connectivity index (χ1) is 9.69. The summed E-state index contributed by atoms with van der Waals surface area (Å²) in [6, 6.07) is 7.91. The van der Waals surface area contributed by atoms with Crippen molar-refractivity contribution in [1.82, 2.24) is 5.32 Å². The summed E-state index contributed by atoms with van der Waals surface area (Å²) >= 11 is 3.39. The van der Waals surface area contributed by atoms with Gasteiger partial charge in [0.1, 0.15) is 0 Å². The van der Waals surface area contributed by atoms with Gasteiger partial charge in [-0.3, -0.25) is 9.59 Å². The van der Waals surface area contributed by atoms with Crippen molar-refractivity contribution in [2.45, 2.75) is 51.5 Å². The molecule has 0 radical (unpaired) electrons. The molecule has 1 atom stereocenters. The maximum Gasteiger partial charge on any atom is 0.303 e.